The van der Waals surface area contributed by atoms with Crippen molar-refractivity contribution in [2.45, 2.75) is 46.1 Å². The Hall–Kier alpha value is -3.02. The molecule has 1 N–H and O–H groups in total. The minimum Gasteiger partial charge on any atom is -0.348 e. The van der Waals surface area contributed by atoms with Gasteiger partial charge in [-0.05, 0) is 47.7 Å². The van der Waals surface area contributed by atoms with Gasteiger partial charge >= 0.3 is 0 Å². The van der Waals surface area contributed by atoms with Gasteiger partial charge in [0, 0.05) is 18.9 Å². The van der Waals surface area contributed by atoms with E-state index in [0.717, 1.165) is 22.6 Å². The van der Waals surface area contributed by atoms with Crippen molar-refractivity contribution >= 4 is 5.91 Å². The number of nitrogens with one attached hydrogen (secondary N) is 1. The van der Waals surface area contributed by atoms with E-state index in [-0.39, 0.29) is 23.6 Å². The Labute approximate surface area is 164 Å². The number of pyridine rings is 1. The Morgan fingerprint density at radius 3 is 2.39 bits per heavy atom. The predicted molar refractivity (Wildman–Crippen MR) is 107 cm³/mol. The number of carbonyl (C=O) groups is 1. The number of aromatic nitrogens is 3. The van der Waals surface area contributed by atoms with Crippen molar-refractivity contribution < 1.29 is 9.18 Å². The van der Waals surface area contributed by atoms with Gasteiger partial charge in [0.15, 0.2) is 0 Å². The number of hydrogen-bond donors (Lipinski definition) is 1. The van der Waals surface area contributed by atoms with Crippen molar-refractivity contribution in [2.24, 2.45) is 0 Å². The van der Waals surface area contributed by atoms with Crippen molar-refractivity contribution in [3.63, 3.8) is 0 Å². The first-order valence-corrected chi connectivity index (χ1v) is 9.44. The molecule has 0 aliphatic rings. The van der Waals surface area contributed by atoms with Crippen LogP contribution in [0.5, 0.6) is 0 Å². The maximum absolute atomic E-state index is 13.4. The van der Waals surface area contributed by atoms with Crippen LogP contribution in [0.15, 0.2) is 48.8 Å². The summed E-state index contributed by atoms with van der Waals surface area (Å²) in [7, 11) is 0. The van der Waals surface area contributed by atoms with Gasteiger partial charge in [0.25, 0.3) is 5.91 Å². The fourth-order valence-electron chi connectivity index (χ4n) is 3.17. The monoisotopic (exact) mass is 380 g/mol. The molecular formula is C22H25FN4O. The second kappa shape index (κ2) is 8.33. The van der Waals surface area contributed by atoms with Crippen LogP contribution in [0.1, 0.15) is 66.8 Å². The van der Waals surface area contributed by atoms with Crippen LogP contribution in [0, 0.1) is 5.82 Å². The summed E-state index contributed by atoms with van der Waals surface area (Å²) in [5.41, 5.74) is 3.81. The molecule has 0 atom stereocenters. The van der Waals surface area contributed by atoms with E-state index >= 15 is 0 Å². The lowest BCUT2D eigenvalue weighted by atomic mass is 9.98. The van der Waals surface area contributed by atoms with Crippen LogP contribution in [-0.4, -0.2) is 20.7 Å². The van der Waals surface area contributed by atoms with Crippen LogP contribution < -0.4 is 5.32 Å². The van der Waals surface area contributed by atoms with Gasteiger partial charge in [-0.3, -0.25) is 9.78 Å². The van der Waals surface area contributed by atoms with Gasteiger partial charge in [0.1, 0.15) is 5.82 Å². The number of carbonyl (C=O) groups excluding carboxylic acids is 1. The van der Waals surface area contributed by atoms with E-state index < -0.39 is 0 Å². The maximum Gasteiger partial charge on any atom is 0.255 e. The van der Waals surface area contributed by atoms with E-state index in [9.17, 15) is 9.18 Å². The lowest BCUT2D eigenvalue weighted by molar-refractivity contribution is 0.0948. The molecular weight excluding hydrogens is 355 g/mol. The topological polar surface area (TPSA) is 59.8 Å². The molecule has 1 aromatic carbocycles. The van der Waals surface area contributed by atoms with Crippen LogP contribution in [0.4, 0.5) is 4.39 Å². The molecule has 5 nitrogen and oxygen atoms in total. The average Bonchev–Trinajstić information content (AvgIpc) is 3.09. The lowest BCUT2D eigenvalue weighted by Crippen LogP contribution is -2.25. The summed E-state index contributed by atoms with van der Waals surface area (Å²) in [6, 6.07) is 9.91. The fraction of sp³-hybridized carbons (Fsp3) is 0.318. The maximum atomic E-state index is 13.4. The van der Waals surface area contributed by atoms with Crippen LogP contribution in [-0.2, 0) is 6.54 Å². The van der Waals surface area contributed by atoms with Crippen molar-refractivity contribution in [3.05, 3.63) is 77.1 Å². The molecule has 0 unspecified atom stereocenters. The molecule has 3 aromatic rings. The van der Waals surface area contributed by atoms with E-state index in [1.54, 1.807) is 29.2 Å². The van der Waals surface area contributed by atoms with Crippen molar-refractivity contribution in [1.29, 1.82) is 0 Å². The summed E-state index contributed by atoms with van der Waals surface area (Å²) < 4.78 is 15.1. The Bertz CT molecular complexity index is 947. The van der Waals surface area contributed by atoms with Gasteiger partial charge in [-0.15, -0.1) is 0 Å². The third-order valence-electron chi connectivity index (χ3n) is 4.52. The molecule has 0 fully saturated rings. The highest BCUT2D eigenvalue weighted by Gasteiger charge is 2.27. The zero-order chi connectivity index (χ0) is 20.3. The van der Waals surface area contributed by atoms with Crippen LogP contribution in [0.2, 0.25) is 0 Å². The number of benzene rings is 1. The highest BCUT2D eigenvalue weighted by molar-refractivity contribution is 5.97. The van der Waals surface area contributed by atoms with E-state index in [2.05, 4.69) is 10.3 Å². The second-order valence-electron chi connectivity index (χ2n) is 7.39. The first kappa shape index (κ1) is 19.7. The van der Waals surface area contributed by atoms with E-state index in [1.807, 2.05) is 39.8 Å². The van der Waals surface area contributed by atoms with Crippen molar-refractivity contribution in [2.75, 3.05) is 0 Å². The predicted octanol–water partition coefficient (Wildman–Crippen LogP) is 4.58. The van der Waals surface area contributed by atoms with Crippen LogP contribution >= 0.6 is 0 Å². The number of halogens is 1. The summed E-state index contributed by atoms with van der Waals surface area (Å²) >= 11 is 0. The molecule has 0 spiro atoms. The van der Waals surface area contributed by atoms with Crippen molar-refractivity contribution in [3.8, 4) is 5.69 Å². The average molecular weight is 380 g/mol. The third kappa shape index (κ3) is 4.11. The number of amides is 1. The number of rotatable bonds is 6. The number of nitrogens with zero attached hydrogens (tertiary/aromatic N) is 3. The normalized spacial score (nSPS) is 11.2. The van der Waals surface area contributed by atoms with Gasteiger partial charge < -0.3 is 5.32 Å². The molecule has 28 heavy (non-hydrogen) atoms. The first-order chi connectivity index (χ1) is 13.4. The van der Waals surface area contributed by atoms with E-state index in [0.29, 0.717) is 12.1 Å². The Morgan fingerprint density at radius 2 is 1.82 bits per heavy atom. The van der Waals surface area contributed by atoms with E-state index in [4.69, 9.17) is 5.10 Å². The Kier molecular flexibility index (Phi) is 5.87. The number of hydrogen-bond acceptors (Lipinski definition) is 3. The van der Waals surface area contributed by atoms with Gasteiger partial charge in [-0.2, -0.15) is 5.10 Å². The Balaban J connectivity index is 2.02. The summed E-state index contributed by atoms with van der Waals surface area (Å²) in [4.78, 5) is 17.2. The van der Waals surface area contributed by atoms with Crippen molar-refractivity contribution in [1.82, 2.24) is 20.1 Å². The molecule has 1 amide bonds. The molecule has 2 aromatic heterocycles. The molecule has 0 aliphatic heterocycles. The van der Waals surface area contributed by atoms with Gasteiger partial charge in [0.2, 0.25) is 0 Å². The zero-order valence-electron chi connectivity index (χ0n) is 16.6. The molecule has 0 saturated carbocycles. The molecule has 6 heteroatoms. The minimum absolute atomic E-state index is 0.0594. The largest absolute Gasteiger partial charge is 0.348 e. The standard InChI is InChI=1S/C22H25FN4O/c1-14(2)20-19(22(28)25-13-16-6-5-11-24-12-16)21(15(3)4)27(26-20)18-9-7-17(23)8-10-18/h5-12,14-15H,13H2,1-4H3,(H,25,28). The van der Waals surface area contributed by atoms with Gasteiger partial charge in [0.05, 0.1) is 22.6 Å². The third-order valence-corrected chi connectivity index (χ3v) is 4.52. The molecule has 0 saturated heterocycles. The quantitative estimate of drug-likeness (QED) is 0.681. The molecule has 3 rings (SSSR count). The minimum atomic E-state index is -0.305. The summed E-state index contributed by atoms with van der Waals surface area (Å²) in [6.45, 7) is 8.47. The van der Waals surface area contributed by atoms with Gasteiger partial charge in [-0.1, -0.05) is 33.8 Å². The highest BCUT2D eigenvalue weighted by Crippen LogP contribution is 2.30. The van der Waals surface area contributed by atoms with Crippen LogP contribution in [0.25, 0.3) is 5.69 Å². The van der Waals surface area contributed by atoms with Crippen LogP contribution in [0.3, 0.4) is 0 Å². The van der Waals surface area contributed by atoms with E-state index in [1.165, 1.54) is 12.1 Å². The summed E-state index contributed by atoms with van der Waals surface area (Å²) in [5, 5.41) is 7.72. The smallest absolute Gasteiger partial charge is 0.255 e. The molecule has 2 heterocycles. The zero-order valence-corrected chi connectivity index (χ0v) is 16.6. The summed E-state index contributed by atoms with van der Waals surface area (Å²) in [5.74, 6) is -0.340. The SMILES string of the molecule is CC(C)c1nn(-c2ccc(F)cc2)c(C(C)C)c1C(=O)NCc1cccnc1. The first-order valence-electron chi connectivity index (χ1n) is 9.44. The lowest BCUT2D eigenvalue weighted by Gasteiger charge is -2.13. The van der Waals surface area contributed by atoms with Gasteiger partial charge in [-0.25, -0.2) is 9.07 Å². The molecule has 0 radical (unpaired) electrons. The second-order valence-corrected chi connectivity index (χ2v) is 7.39. The molecule has 0 bridgehead atoms. The summed E-state index contributed by atoms with van der Waals surface area (Å²) in [6.07, 6.45) is 3.43. The highest BCUT2D eigenvalue weighted by atomic mass is 19.1. The molecule has 146 valence electrons. The Morgan fingerprint density at radius 1 is 1.11 bits per heavy atom. The fourth-order valence-corrected chi connectivity index (χ4v) is 3.17. The molecule has 0 aliphatic carbocycles.